The maximum absolute atomic E-state index is 15.0. The molecule has 0 amide bonds. The van der Waals surface area contributed by atoms with Gasteiger partial charge < -0.3 is 9.88 Å². The van der Waals surface area contributed by atoms with Gasteiger partial charge >= 0.3 is 0 Å². The van der Waals surface area contributed by atoms with Gasteiger partial charge in [0.1, 0.15) is 28.9 Å². The van der Waals surface area contributed by atoms with Gasteiger partial charge in [0.2, 0.25) is 5.96 Å². The molecule has 10 heteroatoms. The summed E-state index contributed by atoms with van der Waals surface area (Å²) in [5, 5.41) is 2.92. The second-order valence-electron chi connectivity index (χ2n) is 8.05. The van der Waals surface area contributed by atoms with E-state index in [1.807, 2.05) is 35.9 Å². The largest absolute Gasteiger partial charge is 0.330 e. The molecule has 1 aliphatic heterocycles. The van der Waals surface area contributed by atoms with E-state index < -0.39 is 27.6 Å². The Kier molecular flexibility index (Phi) is 5.32. The maximum Gasteiger partial charge on any atom is 0.266 e. The Bertz CT molecular complexity index is 1560. The highest BCUT2D eigenvalue weighted by atomic mass is 32.2. The van der Waals surface area contributed by atoms with E-state index in [0.717, 1.165) is 17.1 Å². The van der Waals surface area contributed by atoms with Gasteiger partial charge in [-0.25, -0.2) is 31.9 Å². The molecule has 0 spiro atoms. The van der Waals surface area contributed by atoms with Crippen LogP contribution in [0.3, 0.4) is 0 Å². The summed E-state index contributed by atoms with van der Waals surface area (Å²) in [6.07, 6.45) is 0. The lowest BCUT2D eigenvalue weighted by molar-refractivity contribution is 0.577. The molecule has 3 aromatic carbocycles. The van der Waals surface area contributed by atoms with E-state index in [4.69, 9.17) is 0 Å². The molecule has 34 heavy (non-hydrogen) atoms. The van der Waals surface area contributed by atoms with Crippen molar-refractivity contribution in [3.63, 3.8) is 0 Å². The number of aromatic nitrogens is 2. The van der Waals surface area contributed by atoms with E-state index in [0.29, 0.717) is 5.82 Å². The zero-order chi connectivity index (χ0) is 24.0. The van der Waals surface area contributed by atoms with E-state index in [1.165, 1.54) is 12.1 Å². The first kappa shape index (κ1) is 22.0. The van der Waals surface area contributed by atoms with Crippen LogP contribution in [0.15, 0.2) is 70.6 Å². The quantitative estimate of drug-likeness (QED) is 0.456. The number of halogens is 2. The van der Waals surface area contributed by atoms with E-state index in [9.17, 15) is 12.8 Å². The van der Waals surface area contributed by atoms with Crippen molar-refractivity contribution in [2.75, 3.05) is 5.32 Å². The first-order valence-corrected chi connectivity index (χ1v) is 12.1. The summed E-state index contributed by atoms with van der Waals surface area (Å²) in [6, 6.07) is 15.9. The molecule has 0 bridgehead atoms. The van der Waals surface area contributed by atoms with Crippen LogP contribution in [0.4, 0.5) is 14.5 Å². The third kappa shape index (κ3) is 3.69. The minimum Gasteiger partial charge on any atom is -0.330 e. The molecule has 1 unspecified atom stereocenters. The lowest BCUT2D eigenvalue weighted by atomic mass is 9.91. The van der Waals surface area contributed by atoms with Gasteiger partial charge in [-0.2, -0.15) is 0 Å². The summed E-state index contributed by atoms with van der Waals surface area (Å²) < 4.78 is 59.6. The van der Waals surface area contributed by atoms with Crippen LogP contribution in [-0.2, 0) is 23.6 Å². The van der Waals surface area contributed by atoms with Gasteiger partial charge in [0, 0.05) is 18.5 Å². The van der Waals surface area contributed by atoms with Crippen molar-refractivity contribution in [1.29, 1.82) is 0 Å². The van der Waals surface area contributed by atoms with Crippen LogP contribution in [0, 0.1) is 11.6 Å². The first-order valence-electron chi connectivity index (χ1n) is 10.6. The average molecular weight is 482 g/mol. The molecule has 5 rings (SSSR count). The van der Waals surface area contributed by atoms with Crippen molar-refractivity contribution in [2.24, 2.45) is 12.0 Å². The van der Waals surface area contributed by atoms with E-state index in [-0.39, 0.29) is 34.2 Å². The Morgan fingerprint density at radius 1 is 1.03 bits per heavy atom. The Balaban J connectivity index is 1.56. The number of nitrogens with zero attached hydrogens (tertiary/aromatic N) is 3. The summed E-state index contributed by atoms with van der Waals surface area (Å²) in [5.41, 5.74) is 2.06. The summed E-state index contributed by atoms with van der Waals surface area (Å²) in [7, 11) is -2.18. The number of para-hydroxylation sites is 2. The Morgan fingerprint density at radius 2 is 1.76 bits per heavy atom. The van der Waals surface area contributed by atoms with E-state index >= 15 is 4.39 Å². The molecule has 0 saturated carbocycles. The molecular weight excluding hydrogens is 460 g/mol. The number of sulfonamides is 1. The summed E-state index contributed by atoms with van der Waals surface area (Å²) in [5.74, 6) is -1.33. The molecule has 2 heterocycles. The number of anilines is 1. The molecule has 4 aromatic rings. The Labute approximate surface area is 195 Å². The fraction of sp³-hybridized carbons (Fsp3) is 0.167. The molecule has 0 saturated heterocycles. The third-order valence-electron chi connectivity index (χ3n) is 5.98. The number of guanidine groups is 1. The number of benzene rings is 3. The molecule has 0 radical (unpaired) electrons. The van der Waals surface area contributed by atoms with Crippen LogP contribution in [0.1, 0.15) is 29.8 Å². The van der Waals surface area contributed by atoms with Crippen molar-refractivity contribution in [3.05, 3.63) is 89.2 Å². The van der Waals surface area contributed by atoms with Crippen molar-refractivity contribution in [3.8, 4) is 0 Å². The van der Waals surface area contributed by atoms with Crippen LogP contribution in [-0.4, -0.2) is 23.9 Å². The van der Waals surface area contributed by atoms with E-state index in [1.54, 1.807) is 25.1 Å². The predicted molar refractivity (Wildman–Crippen MR) is 126 cm³/mol. The van der Waals surface area contributed by atoms with Crippen molar-refractivity contribution in [2.45, 2.75) is 24.3 Å². The topological polar surface area (TPSA) is 88.4 Å². The number of hydrogen-bond donors (Lipinski definition) is 2. The van der Waals surface area contributed by atoms with Gasteiger partial charge in [0.05, 0.1) is 16.7 Å². The van der Waals surface area contributed by atoms with Gasteiger partial charge in [-0.3, -0.25) is 0 Å². The van der Waals surface area contributed by atoms with Crippen LogP contribution < -0.4 is 10.0 Å². The SMILES string of the molecule is CC(c1ccccc1F)c1c(F)ccc2c1NC(=NCc1nc3ccccc3n1C)NS2(=O)=O. The summed E-state index contributed by atoms with van der Waals surface area (Å²) in [4.78, 5) is 8.76. The van der Waals surface area contributed by atoms with Crippen LogP contribution in [0.2, 0.25) is 0 Å². The fourth-order valence-electron chi connectivity index (χ4n) is 4.22. The number of hydrogen-bond acceptors (Lipinski definition) is 4. The first-order chi connectivity index (χ1) is 16.3. The summed E-state index contributed by atoms with van der Waals surface area (Å²) in [6.45, 7) is 1.71. The number of aliphatic imine (C=N–C) groups is 1. The van der Waals surface area contributed by atoms with Gasteiger partial charge in [0.25, 0.3) is 10.0 Å². The lowest BCUT2D eigenvalue weighted by Gasteiger charge is -2.26. The molecule has 0 fully saturated rings. The molecule has 174 valence electrons. The molecular formula is C24H21F2N5O2S. The second kappa shape index (κ2) is 8.21. The lowest BCUT2D eigenvalue weighted by Crippen LogP contribution is -2.41. The summed E-state index contributed by atoms with van der Waals surface area (Å²) >= 11 is 0. The highest BCUT2D eigenvalue weighted by Gasteiger charge is 2.32. The van der Waals surface area contributed by atoms with Crippen molar-refractivity contribution < 1.29 is 17.2 Å². The number of aryl methyl sites for hydroxylation is 1. The monoisotopic (exact) mass is 481 g/mol. The smallest absolute Gasteiger partial charge is 0.266 e. The highest BCUT2D eigenvalue weighted by Crippen LogP contribution is 2.38. The van der Waals surface area contributed by atoms with Gasteiger partial charge in [-0.1, -0.05) is 37.3 Å². The zero-order valence-corrected chi connectivity index (χ0v) is 19.2. The maximum atomic E-state index is 15.0. The number of nitrogens with one attached hydrogen (secondary N) is 2. The molecule has 1 aromatic heterocycles. The average Bonchev–Trinajstić information content (AvgIpc) is 3.12. The molecule has 1 aliphatic rings. The number of fused-ring (bicyclic) bond motifs is 2. The minimum atomic E-state index is -4.03. The Morgan fingerprint density at radius 3 is 2.53 bits per heavy atom. The molecule has 0 aliphatic carbocycles. The fourth-order valence-corrected chi connectivity index (χ4v) is 5.37. The predicted octanol–water partition coefficient (Wildman–Crippen LogP) is 4.26. The van der Waals surface area contributed by atoms with Gasteiger partial charge in [-0.15, -0.1) is 0 Å². The molecule has 1 atom stereocenters. The molecule has 2 N–H and O–H groups in total. The number of imidazole rings is 1. The second-order valence-corrected chi connectivity index (χ2v) is 9.70. The Hall–Kier alpha value is -3.79. The van der Waals surface area contributed by atoms with Crippen molar-refractivity contribution >= 4 is 32.7 Å². The van der Waals surface area contributed by atoms with Crippen LogP contribution >= 0.6 is 0 Å². The minimum absolute atomic E-state index is 0.0401. The van der Waals surface area contributed by atoms with Crippen LogP contribution in [0.5, 0.6) is 0 Å². The van der Waals surface area contributed by atoms with Crippen LogP contribution in [0.25, 0.3) is 11.0 Å². The standard InChI is InChI=1S/C24H21F2N5O2S/c1-14(15-7-3-4-8-16(15)25)22-17(26)11-12-20-23(22)29-24(30-34(20,32)33)27-13-21-28-18-9-5-6-10-19(18)31(21)2/h3-12,14H,13H2,1-2H3,(H2,27,29,30). The van der Waals surface area contributed by atoms with Crippen molar-refractivity contribution in [1.82, 2.24) is 14.3 Å². The highest BCUT2D eigenvalue weighted by molar-refractivity contribution is 7.90. The molecule has 7 nitrogen and oxygen atoms in total. The normalized spacial score (nSPS) is 16.6. The third-order valence-corrected chi connectivity index (χ3v) is 7.36. The van der Waals surface area contributed by atoms with E-state index in [2.05, 4.69) is 20.0 Å². The zero-order valence-electron chi connectivity index (χ0n) is 18.4. The van der Waals surface area contributed by atoms with Gasteiger partial charge in [0.15, 0.2) is 0 Å². The number of rotatable bonds is 4. The van der Waals surface area contributed by atoms with Gasteiger partial charge in [-0.05, 0) is 35.9 Å².